The highest BCUT2D eigenvalue weighted by molar-refractivity contribution is 5.95. The van der Waals surface area contributed by atoms with Crippen LogP contribution in [0.4, 0.5) is 4.39 Å². The third-order valence-electron chi connectivity index (χ3n) is 4.33. The summed E-state index contributed by atoms with van der Waals surface area (Å²) < 4.78 is 24.4. The lowest BCUT2D eigenvalue weighted by molar-refractivity contribution is -0.179. The van der Waals surface area contributed by atoms with E-state index in [-0.39, 0.29) is 17.8 Å². The molecular weight excluding hydrogens is 273 g/mol. The van der Waals surface area contributed by atoms with Gasteiger partial charge in [0.15, 0.2) is 5.79 Å². The lowest BCUT2D eigenvalue weighted by Crippen LogP contribution is -2.44. The van der Waals surface area contributed by atoms with Crippen LogP contribution in [0.2, 0.25) is 0 Å². The Bertz CT molecular complexity index is 530. The van der Waals surface area contributed by atoms with Gasteiger partial charge in [-0.05, 0) is 43.5 Å². The minimum atomic E-state index is -0.410. The number of nitrogens with one attached hydrogen (secondary N) is 1. The zero-order chi connectivity index (χ0) is 14.9. The van der Waals surface area contributed by atoms with Crippen LogP contribution in [0.1, 0.15) is 41.6 Å². The number of hydrogen-bond acceptors (Lipinski definition) is 3. The van der Waals surface area contributed by atoms with E-state index < -0.39 is 5.79 Å². The molecule has 1 aliphatic heterocycles. The fraction of sp³-hybridized carbons (Fsp3) is 0.562. The molecule has 1 heterocycles. The maximum atomic E-state index is 13.1. The van der Waals surface area contributed by atoms with Gasteiger partial charge in [-0.3, -0.25) is 4.79 Å². The van der Waals surface area contributed by atoms with E-state index in [1.54, 1.807) is 6.92 Å². The molecule has 0 atom stereocenters. The summed E-state index contributed by atoms with van der Waals surface area (Å²) in [6, 6.07) is 4.36. The van der Waals surface area contributed by atoms with Crippen molar-refractivity contribution in [3.63, 3.8) is 0 Å². The van der Waals surface area contributed by atoms with Crippen molar-refractivity contribution in [1.29, 1.82) is 0 Å². The fourth-order valence-electron chi connectivity index (χ4n) is 3.13. The summed E-state index contributed by atoms with van der Waals surface area (Å²) in [5.41, 5.74) is 1.19. The van der Waals surface area contributed by atoms with Crippen molar-refractivity contribution in [2.45, 2.75) is 44.4 Å². The van der Waals surface area contributed by atoms with Gasteiger partial charge in [0.1, 0.15) is 5.82 Å². The maximum Gasteiger partial charge on any atom is 0.251 e. The molecule has 114 valence electrons. The van der Waals surface area contributed by atoms with E-state index in [1.165, 1.54) is 18.2 Å². The summed E-state index contributed by atoms with van der Waals surface area (Å²) in [4.78, 5) is 12.3. The lowest BCUT2D eigenvalue weighted by Gasteiger charge is -2.35. The van der Waals surface area contributed by atoms with E-state index in [4.69, 9.17) is 9.47 Å². The van der Waals surface area contributed by atoms with Gasteiger partial charge in [-0.2, -0.15) is 0 Å². The molecular formula is C16H20FNO3. The average molecular weight is 293 g/mol. The molecule has 0 unspecified atom stereocenters. The maximum absolute atomic E-state index is 13.1. The molecule has 3 rings (SSSR count). The minimum Gasteiger partial charge on any atom is -0.349 e. The summed E-state index contributed by atoms with van der Waals surface area (Å²) >= 11 is 0. The van der Waals surface area contributed by atoms with Crippen LogP contribution in [0.5, 0.6) is 0 Å². The Morgan fingerprint density at radius 3 is 2.57 bits per heavy atom. The molecule has 1 spiro atoms. The Hall–Kier alpha value is -1.46. The van der Waals surface area contributed by atoms with Crippen molar-refractivity contribution >= 4 is 5.91 Å². The molecule has 1 saturated heterocycles. The number of benzene rings is 1. The van der Waals surface area contributed by atoms with Crippen molar-refractivity contribution in [3.05, 3.63) is 35.1 Å². The van der Waals surface area contributed by atoms with Gasteiger partial charge in [0.05, 0.1) is 13.2 Å². The van der Waals surface area contributed by atoms with Crippen molar-refractivity contribution in [2.75, 3.05) is 13.2 Å². The van der Waals surface area contributed by atoms with Crippen LogP contribution < -0.4 is 5.32 Å². The summed E-state index contributed by atoms with van der Waals surface area (Å²) in [7, 11) is 0. The second-order valence-corrected chi connectivity index (χ2v) is 5.81. The van der Waals surface area contributed by atoms with Gasteiger partial charge in [-0.15, -0.1) is 0 Å². The van der Waals surface area contributed by atoms with E-state index in [0.29, 0.717) is 24.3 Å². The molecule has 0 radical (unpaired) electrons. The van der Waals surface area contributed by atoms with Gasteiger partial charge in [0.2, 0.25) is 0 Å². The SMILES string of the molecule is Cc1cc(F)ccc1C(=O)NC1CCC2(CC1)OCCO2. The van der Waals surface area contributed by atoms with E-state index in [9.17, 15) is 9.18 Å². The molecule has 1 saturated carbocycles. The number of rotatable bonds is 2. The molecule has 2 aliphatic rings. The van der Waals surface area contributed by atoms with Gasteiger partial charge in [-0.25, -0.2) is 4.39 Å². The van der Waals surface area contributed by atoms with Gasteiger partial charge in [-0.1, -0.05) is 0 Å². The summed E-state index contributed by atoms with van der Waals surface area (Å²) in [6.07, 6.45) is 3.29. The first-order valence-corrected chi connectivity index (χ1v) is 7.43. The molecule has 1 aromatic rings. The number of amides is 1. The molecule has 4 nitrogen and oxygen atoms in total. The molecule has 1 aromatic carbocycles. The fourth-order valence-corrected chi connectivity index (χ4v) is 3.13. The van der Waals surface area contributed by atoms with Crippen LogP contribution in [0.25, 0.3) is 0 Å². The van der Waals surface area contributed by atoms with Crippen LogP contribution in [-0.4, -0.2) is 30.9 Å². The molecule has 0 aromatic heterocycles. The van der Waals surface area contributed by atoms with Crippen LogP contribution >= 0.6 is 0 Å². The molecule has 0 bridgehead atoms. The predicted octanol–water partition coefficient (Wildman–Crippen LogP) is 2.55. The summed E-state index contributed by atoms with van der Waals surface area (Å²) in [5.74, 6) is -0.867. The first-order chi connectivity index (χ1) is 10.1. The Kier molecular flexibility index (Phi) is 3.95. The third kappa shape index (κ3) is 3.09. The summed E-state index contributed by atoms with van der Waals surface area (Å²) in [5, 5.41) is 3.03. The van der Waals surface area contributed by atoms with Crippen molar-refractivity contribution < 1.29 is 18.7 Å². The first kappa shape index (κ1) is 14.5. The van der Waals surface area contributed by atoms with E-state index in [2.05, 4.69) is 5.32 Å². The van der Waals surface area contributed by atoms with Crippen molar-refractivity contribution in [2.24, 2.45) is 0 Å². The Morgan fingerprint density at radius 2 is 1.95 bits per heavy atom. The number of ether oxygens (including phenoxy) is 2. The zero-order valence-electron chi connectivity index (χ0n) is 12.2. The topological polar surface area (TPSA) is 47.6 Å². The van der Waals surface area contributed by atoms with E-state index in [0.717, 1.165) is 25.7 Å². The second-order valence-electron chi connectivity index (χ2n) is 5.81. The van der Waals surface area contributed by atoms with Gasteiger partial charge < -0.3 is 14.8 Å². The summed E-state index contributed by atoms with van der Waals surface area (Å²) in [6.45, 7) is 3.06. The normalized spacial score (nSPS) is 21.6. The van der Waals surface area contributed by atoms with Crippen LogP contribution in [0.15, 0.2) is 18.2 Å². The largest absolute Gasteiger partial charge is 0.349 e. The molecule has 5 heteroatoms. The minimum absolute atomic E-state index is 0.125. The first-order valence-electron chi connectivity index (χ1n) is 7.43. The highest BCUT2D eigenvalue weighted by Crippen LogP contribution is 2.35. The number of hydrogen-bond donors (Lipinski definition) is 1. The van der Waals surface area contributed by atoms with Crippen LogP contribution in [0.3, 0.4) is 0 Å². The van der Waals surface area contributed by atoms with Crippen molar-refractivity contribution in [1.82, 2.24) is 5.32 Å². The number of aryl methyl sites for hydroxylation is 1. The quantitative estimate of drug-likeness (QED) is 0.911. The smallest absolute Gasteiger partial charge is 0.251 e. The number of carbonyl (C=O) groups excluding carboxylic acids is 1. The van der Waals surface area contributed by atoms with Gasteiger partial charge in [0, 0.05) is 24.4 Å². The average Bonchev–Trinajstić information content (AvgIpc) is 2.90. The predicted molar refractivity (Wildman–Crippen MR) is 75.5 cm³/mol. The highest BCUT2D eigenvalue weighted by atomic mass is 19.1. The molecule has 1 aliphatic carbocycles. The Balaban J connectivity index is 1.58. The Morgan fingerprint density at radius 1 is 1.29 bits per heavy atom. The van der Waals surface area contributed by atoms with E-state index >= 15 is 0 Å². The van der Waals surface area contributed by atoms with Crippen LogP contribution in [0, 0.1) is 12.7 Å². The monoisotopic (exact) mass is 293 g/mol. The zero-order valence-corrected chi connectivity index (χ0v) is 12.2. The number of carbonyl (C=O) groups is 1. The van der Waals surface area contributed by atoms with Gasteiger partial charge in [0.25, 0.3) is 5.91 Å². The Labute approximate surface area is 123 Å². The standard InChI is InChI=1S/C16H20FNO3/c1-11-10-12(17)2-3-14(11)15(19)18-13-4-6-16(7-5-13)20-8-9-21-16/h2-3,10,13H,4-9H2,1H3,(H,18,19). The molecule has 1 N–H and O–H groups in total. The molecule has 21 heavy (non-hydrogen) atoms. The lowest BCUT2D eigenvalue weighted by atomic mass is 9.90. The third-order valence-corrected chi connectivity index (χ3v) is 4.33. The molecule has 2 fully saturated rings. The van der Waals surface area contributed by atoms with E-state index in [1.807, 2.05) is 0 Å². The van der Waals surface area contributed by atoms with Gasteiger partial charge >= 0.3 is 0 Å². The highest BCUT2D eigenvalue weighted by Gasteiger charge is 2.40. The molecule has 1 amide bonds. The number of halogens is 1. The van der Waals surface area contributed by atoms with Crippen molar-refractivity contribution in [3.8, 4) is 0 Å². The second kappa shape index (κ2) is 5.73. The van der Waals surface area contributed by atoms with Crippen LogP contribution in [-0.2, 0) is 9.47 Å².